The van der Waals surface area contributed by atoms with Gasteiger partial charge in [0.05, 0.1) is 9.88 Å². The molecule has 2 aromatic rings. The second-order valence-corrected chi connectivity index (χ2v) is 5.48. The summed E-state index contributed by atoms with van der Waals surface area (Å²) >= 11 is 1.64. The molecule has 0 spiro atoms. The monoisotopic (exact) mass is 261 g/mol. The summed E-state index contributed by atoms with van der Waals surface area (Å²) in [6.07, 6.45) is 2.32. The van der Waals surface area contributed by atoms with Gasteiger partial charge in [-0.15, -0.1) is 11.3 Å². The molecular weight excluding hydrogens is 246 g/mol. The molecule has 0 saturated carbocycles. The number of carbonyl (C=O) groups is 1. The Labute approximate surface area is 110 Å². The molecule has 0 amide bonds. The molecule has 1 aromatic heterocycles. The first-order valence-electron chi connectivity index (χ1n) is 5.76. The van der Waals surface area contributed by atoms with Gasteiger partial charge in [-0.25, -0.2) is 4.98 Å². The van der Waals surface area contributed by atoms with Crippen molar-refractivity contribution in [2.45, 2.75) is 26.9 Å². The summed E-state index contributed by atoms with van der Waals surface area (Å²) in [7, 11) is 0. The molecule has 0 atom stereocenters. The first-order chi connectivity index (χ1) is 8.63. The van der Waals surface area contributed by atoms with E-state index in [1.54, 1.807) is 18.3 Å². The fourth-order valence-electron chi connectivity index (χ4n) is 1.62. The average Bonchev–Trinajstić information content (AvgIpc) is 2.74. The number of ether oxygens (including phenoxy) is 1. The fourth-order valence-corrected chi connectivity index (χ4v) is 2.33. The topological polar surface area (TPSA) is 39.2 Å². The standard InChI is InChI=1S/C14H15NO2S/c1-10(16)7-12-3-5-13(6-4-12)17-9-14-8-15-11(2)18-14/h3-6,8H,7,9H2,1-2H3. The van der Waals surface area contributed by atoms with Crippen LogP contribution in [0.5, 0.6) is 5.75 Å². The maximum atomic E-state index is 11.0. The van der Waals surface area contributed by atoms with E-state index in [-0.39, 0.29) is 5.78 Å². The third kappa shape index (κ3) is 3.67. The molecule has 2 rings (SSSR count). The number of carbonyl (C=O) groups excluding carboxylic acids is 1. The molecule has 0 aliphatic carbocycles. The van der Waals surface area contributed by atoms with Crippen molar-refractivity contribution in [3.05, 3.63) is 45.9 Å². The van der Waals surface area contributed by atoms with Gasteiger partial charge in [-0.2, -0.15) is 0 Å². The third-order valence-corrected chi connectivity index (χ3v) is 3.31. The van der Waals surface area contributed by atoms with Gasteiger partial charge < -0.3 is 4.74 Å². The van der Waals surface area contributed by atoms with Crippen molar-refractivity contribution in [3.8, 4) is 5.75 Å². The van der Waals surface area contributed by atoms with Gasteiger partial charge >= 0.3 is 0 Å². The van der Waals surface area contributed by atoms with Crippen molar-refractivity contribution in [1.29, 1.82) is 0 Å². The Hall–Kier alpha value is -1.68. The lowest BCUT2D eigenvalue weighted by molar-refractivity contribution is -0.116. The van der Waals surface area contributed by atoms with Gasteiger partial charge in [0.1, 0.15) is 18.1 Å². The summed E-state index contributed by atoms with van der Waals surface area (Å²) in [5.74, 6) is 0.983. The lowest BCUT2D eigenvalue weighted by Crippen LogP contribution is -1.97. The molecule has 0 aliphatic heterocycles. The zero-order chi connectivity index (χ0) is 13.0. The van der Waals surface area contributed by atoms with Gasteiger partial charge in [-0.1, -0.05) is 12.1 Å². The smallest absolute Gasteiger partial charge is 0.134 e. The summed E-state index contributed by atoms with van der Waals surface area (Å²) in [5, 5.41) is 1.05. The zero-order valence-electron chi connectivity index (χ0n) is 10.5. The molecule has 0 aliphatic rings. The van der Waals surface area contributed by atoms with E-state index in [0.717, 1.165) is 21.2 Å². The average molecular weight is 261 g/mol. The maximum Gasteiger partial charge on any atom is 0.134 e. The maximum absolute atomic E-state index is 11.0. The minimum absolute atomic E-state index is 0.170. The molecule has 0 radical (unpaired) electrons. The lowest BCUT2D eigenvalue weighted by Gasteiger charge is -2.05. The quantitative estimate of drug-likeness (QED) is 0.830. The van der Waals surface area contributed by atoms with E-state index in [9.17, 15) is 4.79 Å². The van der Waals surface area contributed by atoms with Gasteiger partial charge in [-0.3, -0.25) is 4.79 Å². The van der Waals surface area contributed by atoms with Crippen LogP contribution in [0.4, 0.5) is 0 Å². The van der Waals surface area contributed by atoms with Crippen molar-refractivity contribution in [3.63, 3.8) is 0 Å². The third-order valence-electron chi connectivity index (χ3n) is 2.43. The van der Waals surface area contributed by atoms with E-state index in [1.165, 1.54) is 0 Å². The molecule has 0 saturated heterocycles. The molecule has 18 heavy (non-hydrogen) atoms. The van der Waals surface area contributed by atoms with Crippen LogP contribution in [0.3, 0.4) is 0 Å². The van der Waals surface area contributed by atoms with Crippen molar-refractivity contribution < 1.29 is 9.53 Å². The van der Waals surface area contributed by atoms with Crippen LogP contribution in [0.1, 0.15) is 22.4 Å². The first kappa shape index (κ1) is 12.8. The van der Waals surface area contributed by atoms with Crippen LogP contribution in [0, 0.1) is 6.92 Å². The highest BCUT2D eigenvalue weighted by atomic mass is 32.1. The van der Waals surface area contributed by atoms with Crippen LogP contribution in [0.2, 0.25) is 0 Å². The molecule has 0 N–H and O–H groups in total. The Morgan fingerprint density at radius 1 is 1.33 bits per heavy atom. The fraction of sp³-hybridized carbons (Fsp3) is 0.286. The van der Waals surface area contributed by atoms with Crippen molar-refractivity contribution in [2.75, 3.05) is 0 Å². The van der Waals surface area contributed by atoms with Crippen LogP contribution < -0.4 is 4.74 Å². The Bertz CT molecular complexity index is 531. The van der Waals surface area contributed by atoms with Crippen LogP contribution in [-0.4, -0.2) is 10.8 Å². The van der Waals surface area contributed by atoms with Gasteiger partial charge in [0, 0.05) is 12.6 Å². The summed E-state index contributed by atoms with van der Waals surface area (Å²) in [6, 6.07) is 7.64. The van der Waals surface area contributed by atoms with Gasteiger partial charge in [0.2, 0.25) is 0 Å². The van der Waals surface area contributed by atoms with Crippen LogP contribution in [0.15, 0.2) is 30.5 Å². The molecule has 1 heterocycles. The molecular formula is C14H15NO2S. The zero-order valence-corrected chi connectivity index (χ0v) is 11.3. The van der Waals surface area contributed by atoms with E-state index in [0.29, 0.717) is 13.0 Å². The second kappa shape index (κ2) is 5.78. The Kier molecular flexibility index (Phi) is 4.10. The molecule has 3 nitrogen and oxygen atoms in total. The van der Waals surface area contributed by atoms with E-state index >= 15 is 0 Å². The molecule has 94 valence electrons. The number of rotatable bonds is 5. The number of aromatic nitrogens is 1. The minimum Gasteiger partial charge on any atom is -0.488 e. The Balaban J connectivity index is 1.92. The van der Waals surface area contributed by atoms with Crippen LogP contribution in [0.25, 0.3) is 0 Å². The number of benzene rings is 1. The molecule has 4 heteroatoms. The highest BCUT2D eigenvalue weighted by molar-refractivity contribution is 7.11. The second-order valence-electron chi connectivity index (χ2n) is 4.16. The molecule has 0 bridgehead atoms. The molecule has 0 fully saturated rings. The van der Waals surface area contributed by atoms with E-state index in [2.05, 4.69) is 4.98 Å². The van der Waals surface area contributed by atoms with Crippen molar-refractivity contribution in [2.24, 2.45) is 0 Å². The van der Waals surface area contributed by atoms with E-state index in [1.807, 2.05) is 37.4 Å². The van der Waals surface area contributed by atoms with Gasteiger partial charge in [0.25, 0.3) is 0 Å². The van der Waals surface area contributed by atoms with Gasteiger partial charge in [-0.05, 0) is 31.5 Å². The highest BCUT2D eigenvalue weighted by Gasteiger charge is 2.01. The first-order valence-corrected chi connectivity index (χ1v) is 6.57. The number of aryl methyl sites for hydroxylation is 1. The van der Waals surface area contributed by atoms with Crippen LogP contribution >= 0.6 is 11.3 Å². The summed E-state index contributed by atoms with van der Waals surface area (Å²) in [4.78, 5) is 16.3. The number of ketones is 1. The molecule has 1 aromatic carbocycles. The predicted octanol–water partition coefficient (Wildman–Crippen LogP) is 3.16. The Morgan fingerprint density at radius 2 is 2.06 bits per heavy atom. The van der Waals surface area contributed by atoms with E-state index < -0.39 is 0 Å². The van der Waals surface area contributed by atoms with Crippen LogP contribution in [-0.2, 0) is 17.8 Å². The number of nitrogens with zero attached hydrogens (tertiary/aromatic N) is 1. The summed E-state index contributed by atoms with van der Waals surface area (Å²) < 4.78 is 5.65. The van der Waals surface area contributed by atoms with Crippen molar-refractivity contribution in [1.82, 2.24) is 4.98 Å². The Morgan fingerprint density at radius 3 is 2.61 bits per heavy atom. The summed E-state index contributed by atoms with van der Waals surface area (Å²) in [6.45, 7) is 4.11. The number of hydrogen-bond acceptors (Lipinski definition) is 4. The highest BCUT2D eigenvalue weighted by Crippen LogP contribution is 2.17. The minimum atomic E-state index is 0.170. The SMILES string of the molecule is CC(=O)Cc1ccc(OCc2cnc(C)s2)cc1. The number of thiazole rings is 1. The normalized spacial score (nSPS) is 10.3. The number of hydrogen-bond donors (Lipinski definition) is 0. The van der Waals surface area contributed by atoms with Crippen molar-refractivity contribution >= 4 is 17.1 Å². The number of Topliss-reactive ketones (excluding diaryl/α,β-unsaturated/α-hetero) is 1. The lowest BCUT2D eigenvalue weighted by atomic mass is 10.1. The molecule has 0 unspecified atom stereocenters. The predicted molar refractivity (Wildman–Crippen MR) is 72.0 cm³/mol. The van der Waals surface area contributed by atoms with Gasteiger partial charge in [0.15, 0.2) is 0 Å². The summed E-state index contributed by atoms with van der Waals surface area (Å²) in [5.41, 5.74) is 1.02. The largest absolute Gasteiger partial charge is 0.488 e. The van der Waals surface area contributed by atoms with E-state index in [4.69, 9.17) is 4.74 Å².